The van der Waals surface area contributed by atoms with Gasteiger partial charge in [-0.2, -0.15) is 0 Å². The summed E-state index contributed by atoms with van der Waals surface area (Å²) >= 11 is 3.31. The van der Waals surface area contributed by atoms with Gasteiger partial charge >= 0.3 is 17.1 Å². The number of nitrogens with one attached hydrogen (secondary N) is 1. The van der Waals surface area contributed by atoms with E-state index in [4.69, 9.17) is 4.74 Å². The Morgan fingerprint density at radius 1 is 0.741 bits per heavy atom. The maximum absolute atomic E-state index is 13.8. The van der Waals surface area contributed by atoms with Gasteiger partial charge in [-0.15, -0.1) is 15.3 Å². The standard InChI is InChI=1S/C22H26FN5O2.C8H9BrN4O.C5H4N4O/c23-20-6-2-1-5-16(20)15-30-19-13-17-7-8-18(14-19)26(17)11-4-12-28-22(29)27-10-3-9-24-21(27)25-28;9-3-1-6-13-8(14)12-5-2-4-10-7(12)11-13;10-5-8-7-4-6-2-1-3-9(4)5/h1-3,5-6,9-10,17-19H,4,7-8,11-15H2;2,4-5H,1,3,6H2;1-3H,(H,8,10). The van der Waals surface area contributed by atoms with Crippen molar-refractivity contribution >= 4 is 33.3 Å². The van der Waals surface area contributed by atoms with Gasteiger partial charge in [0.2, 0.25) is 0 Å². The number of nitrogens with zero attached hydrogens (tertiary/aromatic N) is 12. The molecule has 8 heterocycles. The van der Waals surface area contributed by atoms with Crippen molar-refractivity contribution in [2.24, 2.45) is 0 Å². The number of alkyl halides is 1. The molecule has 2 fully saturated rings. The third kappa shape index (κ3) is 8.37. The van der Waals surface area contributed by atoms with E-state index in [9.17, 15) is 18.8 Å². The minimum Gasteiger partial charge on any atom is -0.373 e. The fourth-order valence-corrected chi connectivity index (χ4v) is 7.18. The van der Waals surface area contributed by atoms with E-state index in [0.717, 1.165) is 37.6 Å². The highest BCUT2D eigenvalue weighted by Crippen LogP contribution is 2.37. The summed E-state index contributed by atoms with van der Waals surface area (Å²) in [5.41, 5.74) is 0.0955. The first-order valence-corrected chi connectivity index (χ1v) is 18.9. The first-order chi connectivity index (χ1) is 26.4. The summed E-state index contributed by atoms with van der Waals surface area (Å²) in [6.07, 6.45) is 16.1. The number of halogens is 2. The van der Waals surface area contributed by atoms with Crippen molar-refractivity contribution in [3.05, 3.63) is 122 Å². The Bertz CT molecular complexity index is 2480. The topological polar surface area (TPSA) is 180 Å². The summed E-state index contributed by atoms with van der Waals surface area (Å²) in [5, 5.41) is 15.2. The second-order valence-electron chi connectivity index (χ2n) is 12.9. The number of piperidine rings is 1. The van der Waals surface area contributed by atoms with Crippen molar-refractivity contribution in [3.63, 3.8) is 0 Å². The lowest BCUT2D eigenvalue weighted by Gasteiger charge is -2.38. The van der Waals surface area contributed by atoms with Crippen LogP contribution >= 0.6 is 15.9 Å². The highest BCUT2D eigenvalue weighted by atomic mass is 79.9. The summed E-state index contributed by atoms with van der Waals surface area (Å²) < 4.78 is 27.1. The molecule has 0 saturated carbocycles. The molecule has 1 aromatic carbocycles. The lowest BCUT2D eigenvalue weighted by Crippen LogP contribution is -2.46. The molecule has 6 aromatic heterocycles. The van der Waals surface area contributed by atoms with Crippen LogP contribution in [0.25, 0.3) is 17.3 Å². The van der Waals surface area contributed by atoms with E-state index in [1.165, 1.54) is 41.5 Å². The van der Waals surface area contributed by atoms with Gasteiger partial charge in [0.1, 0.15) is 5.82 Å². The van der Waals surface area contributed by atoms with Gasteiger partial charge in [-0.3, -0.25) is 4.90 Å². The summed E-state index contributed by atoms with van der Waals surface area (Å²) in [6, 6.07) is 13.0. The molecule has 19 heteroatoms. The minimum atomic E-state index is -0.261. The number of aromatic nitrogens is 12. The molecule has 0 radical (unpaired) electrons. The molecule has 2 unspecified atom stereocenters. The zero-order valence-corrected chi connectivity index (χ0v) is 30.9. The van der Waals surface area contributed by atoms with Gasteiger partial charge in [-0.25, -0.2) is 61.4 Å². The molecule has 7 aromatic rings. The van der Waals surface area contributed by atoms with Crippen LogP contribution in [-0.2, 0) is 24.4 Å². The second-order valence-corrected chi connectivity index (χ2v) is 13.7. The number of H-pyrrole nitrogens is 1. The van der Waals surface area contributed by atoms with Gasteiger partial charge in [-0.05, 0) is 62.8 Å². The second kappa shape index (κ2) is 17.2. The van der Waals surface area contributed by atoms with Crippen LogP contribution in [0.15, 0.2) is 94.0 Å². The molecule has 2 atom stereocenters. The highest BCUT2D eigenvalue weighted by Gasteiger charge is 2.40. The molecule has 2 bridgehead atoms. The van der Waals surface area contributed by atoms with Crippen molar-refractivity contribution < 1.29 is 9.13 Å². The Morgan fingerprint density at radius 3 is 1.89 bits per heavy atom. The molecule has 0 spiro atoms. The molecule has 17 nitrogen and oxygen atoms in total. The average molecular weight is 805 g/mol. The van der Waals surface area contributed by atoms with Crippen molar-refractivity contribution in [1.29, 1.82) is 0 Å². The fraction of sp³-hybridized carbons (Fsp3) is 0.400. The number of benzene rings is 1. The largest absolute Gasteiger partial charge is 0.373 e. The molecular weight excluding hydrogens is 765 g/mol. The lowest BCUT2D eigenvalue weighted by atomic mass is 9.99. The maximum atomic E-state index is 13.8. The van der Waals surface area contributed by atoms with Gasteiger partial charge in [0.05, 0.1) is 12.7 Å². The maximum Gasteiger partial charge on any atom is 0.351 e. The quantitative estimate of drug-likeness (QED) is 0.201. The lowest BCUT2D eigenvalue weighted by molar-refractivity contribution is -0.0293. The van der Waals surface area contributed by atoms with E-state index >= 15 is 0 Å². The van der Waals surface area contributed by atoms with Crippen molar-refractivity contribution in [3.8, 4) is 0 Å². The molecule has 2 saturated heterocycles. The van der Waals surface area contributed by atoms with Gasteiger partial charge in [0.25, 0.3) is 17.3 Å². The minimum absolute atomic E-state index is 0.131. The van der Waals surface area contributed by atoms with E-state index < -0.39 is 0 Å². The van der Waals surface area contributed by atoms with Crippen LogP contribution in [0.5, 0.6) is 0 Å². The summed E-state index contributed by atoms with van der Waals surface area (Å²) in [7, 11) is 0. The van der Waals surface area contributed by atoms with Crippen LogP contribution < -0.4 is 17.1 Å². The monoisotopic (exact) mass is 803 g/mol. The van der Waals surface area contributed by atoms with Gasteiger partial charge in [0.15, 0.2) is 0 Å². The predicted octanol–water partition coefficient (Wildman–Crippen LogP) is 2.73. The van der Waals surface area contributed by atoms with Crippen LogP contribution in [0.2, 0.25) is 0 Å². The van der Waals surface area contributed by atoms with Crippen molar-refractivity contribution in [1.82, 2.24) is 62.8 Å². The third-order valence-corrected chi connectivity index (χ3v) is 10.0. The zero-order chi connectivity index (χ0) is 37.4. The van der Waals surface area contributed by atoms with Crippen LogP contribution in [0.3, 0.4) is 0 Å². The Balaban J connectivity index is 0.000000153. The molecule has 54 heavy (non-hydrogen) atoms. The number of ether oxygens (including phenoxy) is 1. The predicted molar refractivity (Wildman–Crippen MR) is 199 cm³/mol. The van der Waals surface area contributed by atoms with Gasteiger partial charge < -0.3 is 4.74 Å². The third-order valence-electron chi connectivity index (χ3n) is 9.49. The van der Waals surface area contributed by atoms with E-state index in [0.29, 0.717) is 54.7 Å². The van der Waals surface area contributed by atoms with Crippen LogP contribution in [-0.4, -0.2) is 92.9 Å². The van der Waals surface area contributed by atoms with Crippen LogP contribution in [0.4, 0.5) is 4.39 Å². The summed E-state index contributed by atoms with van der Waals surface area (Å²) in [6.45, 7) is 2.49. The van der Waals surface area contributed by atoms with Crippen LogP contribution in [0.1, 0.15) is 44.1 Å². The molecule has 1 N–H and O–H groups in total. The molecule has 9 rings (SSSR count). The van der Waals surface area contributed by atoms with Gasteiger partial charge in [0, 0.05) is 79.8 Å². The number of hydrogen-bond donors (Lipinski definition) is 1. The molecular formula is C35H39BrFN13O4. The Kier molecular flexibility index (Phi) is 11.7. The fourth-order valence-electron chi connectivity index (χ4n) is 6.93. The zero-order valence-electron chi connectivity index (χ0n) is 29.3. The number of hydrogen-bond acceptors (Lipinski definition) is 11. The van der Waals surface area contributed by atoms with Crippen LogP contribution in [0, 0.1) is 5.82 Å². The molecule has 2 aliphatic rings. The Hall–Kier alpha value is -5.40. The number of fused-ring (bicyclic) bond motifs is 5. The van der Waals surface area contributed by atoms with Crippen molar-refractivity contribution in [2.75, 3.05) is 11.9 Å². The summed E-state index contributed by atoms with van der Waals surface area (Å²) in [4.78, 5) is 49.3. The van der Waals surface area contributed by atoms with Gasteiger partial charge in [-0.1, -0.05) is 34.1 Å². The van der Waals surface area contributed by atoms with E-state index in [1.807, 2.05) is 6.07 Å². The molecule has 0 aliphatic carbocycles. The highest BCUT2D eigenvalue weighted by molar-refractivity contribution is 9.09. The number of aromatic amines is 1. The molecule has 2 aliphatic heterocycles. The Labute approximate surface area is 315 Å². The van der Waals surface area contributed by atoms with E-state index in [-0.39, 0.29) is 29.0 Å². The number of aryl methyl sites for hydroxylation is 2. The smallest absolute Gasteiger partial charge is 0.351 e. The Morgan fingerprint density at radius 2 is 1.31 bits per heavy atom. The molecule has 282 valence electrons. The van der Waals surface area contributed by atoms with Crippen molar-refractivity contribution in [2.45, 2.75) is 76.4 Å². The first kappa shape index (κ1) is 36.9. The average Bonchev–Trinajstić information content (AvgIpc) is 3.91. The number of rotatable bonds is 10. The summed E-state index contributed by atoms with van der Waals surface area (Å²) in [5.74, 6) is 1.09. The molecule has 0 amide bonds. The van der Waals surface area contributed by atoms with E-state index in [2.05, 4.69) is 56.2 Å². The van der Waals surface area contributed by atoms with E-state index in [1.54, 1.807) is 67.5 Å². The first-order valence-electron chi connectivity index (χ1n) is 17.7. The normalized spacial score (nSPS) is 18.1. The SMILES string of the molecule is O=c1[nH]nc2ncccn12.O=c1n(CCCBr)nc2ncccn12.O=c1n(CCCN2C3CCC2CC(OCc2ccccc2F)C3)nc2ncccn12.